The number of benzene rings is 1. The van der Waals surface area contributed by atoms with Gasteiger partial charge in [-0.3, -0.25) is 4.79 Å². The molecule has 2 N–H and O–H groups in total. The number of rotatable bonds is 4. The van der Waals surface area contributed by atoms with Gasteiger partial charge in [0.05, 0.1) is 5.56 Å². The number of carbonyl (C=O) groups excluding carboxylic acids is 1. The van der Waals surface area contributed by atoms with Gasteiger partial charge in [0.15, 0.2) is 0 Å². The van der Waals surface area contributed by atoms with E-state index in [1.807, 2.05) is 12.1 Å². The molecule has 2 rings (SSSR count). The van der Waals surface area contributed by atoms with Gasteiger partial charge in [0.1, 0.15) is 17.1 Å². The summed E-state index contributed by atoms with van der Waals surface area (Å²) in [7, 11) is 0. The molecule has 0 radical (unpaired) electrons. The monoisotopic (exact) mass is 327 g/mol. The molecule has 0 saturated carbocycles. The number of carbonyl (C=O) groups is 1. The Hall–Kier alpha value is -2.32. The zero-order valence-electron chi connectivity index (χ0n) is 13.8. The zero-order chi connectivity index (χ0) is 17.0. The molecule has 4 nitrogen and oxygen atoms in total. The molecular weight excluding hydrogens is 306 g/mol. The molecule has 0 saturated heterocycles. The molecule has 0 spiro atoms. The minimum absolute atomic E-state index is 0.106. The highest BCUT2D eigenvalue weighted by atomic mass is 32.1. The molecule has 0 aliphatic heterocycles. The Morgan fingerprint density at radius 1 is 1.22 bits per heavy atom. The Kier molecular flexibility index (Phi) is 5.07. The summed E-state index contributed by atoms with van der Waals surface area (Å²) >= 11 is 1.35. The van der Waals surface area contributed by atoms with Gasteiger partial charge in [-0.05, 0) is 41.5 Å². The number of anilines is 2. The molecule has 1 atom stereocenters. The lowest BCUT2D eigenvalue weighted by molar-refractivity contribution is -0.116. The van der Waals surface area contributed by atoms with Gasteiger partial charge in [-0.2, -0.15) is 5.26 Å². The summed E-state index contributed by atoms with van der Waals surface area (Å²) in [6.07, 6.45) is 0. The largest absolute Gasteiger partial charge is 0.374 e. The number of nitriles is 1. The summed E-state index contributed by atoms with van der Waals surface area (Å²) in [6, 6.07) is 11.5. The Bertz CT molecular complexity index is 720. The van der Waals surface area contributed by atoms with E-state index in [0.717, 1.165) is 5.69 Å². The number of nitrogens with zero attached hydrogens (tertiary/aromatic N) is 1. The van der Waals surface area contributed by atoms with Crippen LogP contribution in [0.5, 0.6) is 0 Å². The molecule has 0 aliphatic carbocycles. The Morgan fingerprint density at radius 3 is 2.43 bits per heavy atom. The second-order valence-corrected chi connectivity index (χ2v) is 7.37. The molecule has 0 aliphatic rings. The Labute approximate surface area is 141 Å². The minimum Gasteiger partial charge on any atom is -0.374 e. The van der Waals surface area contributed by atoms with Crippen LogP contribution in [0.2, 0.25) is 0 Å². The van der Waals surface area contributed by atoms with Crippen molar-refractivity contribution in [2.75, 3.05) is 10.6 Å². The molecule has 0 unspecified atom stereocenters. The van der Waals surface area contributed by atoms with Crippen LogP contribution < -0.4 is 10.6 Å². The highest BCUT2D eigenvalue weighted by Crippen LogP contribution is 2.24. The van der Waals surface area contributed by atoms with Crippen molar-refractivity contribution in [2.45, 2.75) is 39.2 Å². The van der Waals surface area contributed by atoms with Gasteiger partial charge in [-0.15, -0.1) is 11.3 Å². The van der Waals surface area contributed by atoms with E-state index in [9.17, 15) is 4.79 Å². The zero-order valence-corrected chi connectivity index (χ0v) is 14.6. The van der Waals surface area contributed by atoms with Gasteiger partial charge in [0, 0.05) is 5.69 Å². The first-order chi connectivity index (χ1) is 10.8. The van der Waals surface area contributed by atoms with Crippen molar-refractivity contribution >= 4 is 27.9 Å². The lowest BCUT2D eigenvalue weighted by Gasteiger charge is -2.20. The molecule has 5 heteroatoms. The van der Waals surface area contributed by atoms with E-state index in [1.54, 1.807) is 18.4 Å². The number of amides is 1. The summed E-state index contributed by atoms with van der Waals surface area (Å²) in [5.74, 6) is -0.163. The van der Waals surface area contributed by atoms with E-state index in [-0.39, 0.29) is 11.3 Å². The summed E-state index contributed by atoms with van der Waals surface area (Å²) in [5.41, 5.74) is 2.74. The number of hydrogen-bond donors (Lipinski definition) is 2. The average Bonchev–Trinajstić information content (AvgIpc) is 2.94. The average molecular weight is 327 g/mol. The Balaban J connectivity index is 2.00. The van der Waals surface area contributed by atoms with Crippen molar-refractivity contribution in [2.24, 2.45) is 0 Å². The van der Waals surface area contributed by atoms with E-state index in [4.69, 9.17) is 5.26 Å². The van der Waals surface area contributed by atoms with Gasteiger partial charge in [-0.1, -0.05) is 32.9 Å². The smallest absolute Gasteiger partial charge is 0.247 e. The molecule has 23 heavy (non-hydrogen) atoms. The maximum Gasteiger partial charge on any atom is 0.247 e. The molecule has 0 bridgehead atoms. The fraction of sp³-hybridized carbons (Fsp3) is 0.333. The first-order valence-corrected chi connectivity index (χ1v) is 8.35. The van der Waals surface area contributed by atoms with Crippen LogP contribution >= 0.6 is 11.3 Å². The van der Waals surface area contributed by atoms with E-state index in [2.05, 4.69) is 49.6 Å². The van der Waals surface area contributed by atoms with Crippen molar-refractivity contribution in [1.82, 2.24) is 0 Å². The predicted molar refractivity (Wildman–Crippen MR) is 95.9 cm³/mol. The van der Waals surface area contributed by atoms with Gasteiger partial charge >= 0.3 is 0 Å². The van der Waals surface area contributed by atoms with E-state index >= 15 is 0 Å². The first kappa shape index (κ1) is 17.0. The molecule has 0 fully saturated rings. The van der Waals surface area contributed by atoms with Crippen molar-refractivity contribution in [3.63, 3.8) is 0 Å². The number of nitrogens with one attached hydrogen (secondary N) is 2. The van der Waals surface area contributed by atoms with Crippen LogP contribution in [0.4, 0.5) is 10.7 Å². The normalized spacial score (nSPS) is 12.3. The summed E-state index contributed by atoms with van der Waals surface area (Å²) in [6.45, 7) is 8.30. The van der Waals surface area contributed by atoms with Crippen molar-refractivity contribution < 1.29 is 4.79 Å². The predicted octanol–water partition coefficient (Wildman–Crippen LogP) is 4.36. The summed E-state index contributed by atoms with van der Waals surface area (Å²) in [4.78, 5) is 12.2. The standard InChI is InChI=1S/C18H21N3OS/c1-12(16(22)21-17-13(11-19)9-10-23-17)20-15-7-5-14(6-8-15)18(2,3)4/h5-10,12,20H,1-4H3,(H,21,22)/t12-/m1/s1. The van der Waals surface area contributed by atoms with E-state index in [1.165, 1.54) is 16.9 Å². The molecule has 1 aromatic heterocycles. The van der Waals surface area contributed by atoms with Crippen LogP contribution in [0.3, 0.4) is 0 Å². The number of hydrogen-bond acceptors (Lipinski definition) is 4. The van der Waals surface area contributed by atoms with Crippen LogP contribution in [-0.4, -0.2) is 11.9 Å². The second-order valence-electron chi connectivity index (χ2n) is 6.46. The van der Waals surface area contributed by atoms with Gasteiger partial charge < -0.3 is 10.6 Å². The van der Waals surface area contributed by atoms with Crippen molar-refractivity contribution in [1.29, 1.82) is 5.26 Å². The topological polar surface area (TPSA) is 64.9 Å². The quantitative estimate of drug-likeness (QED) is 0.877. The molecule has 1 amide bonds. The fourth-order valence-corrected chi connectivity index (χ4v) is 2.84. The van der Waals surface area contributed by atoms with E-state index < -0.39 is 6.04 Å². The first-order valence-electron chi connectivity index (χ1n) is 7.47. The second kappa shape index (κ2) is 6.84. The molecular formula is C18H21N3OS. The minimum atomic E-state index is -0.399. The highest BCUT2D eigenvalue weighted by Gasteiger charge is 2.16. The Morgan fingerprint density at radius 2 is 1.87 bits per heavy atom. The summed E-state index contributed by atoms with van der Waals surface area (Å²) in [5, 5.41) is 17.3. The SMILES string of the molecule is C[C@@H](Nc1ccc(C(C)(C)C)cc1)C(=O)Nc1sccc1C#N. The van der Waals surface area contributed by atoms with Crippen LogP contribution in [0, 0.1) is 11.3 Å². The third kappa shape index (κ3) is 4.33. The molecule has 2 aromatic rings. The lowest BCUT2D eigenvalue weighted by Crippen LogP contribution is -2.31. The van der Waals surface area contributed by atoms with Crippen molar-refractivity contribution in [3.8, 4) is 6.07 Å². The van der Waals surface area contributed by atoms with Gasteiger partial charge in [-0.25, -0.2) is 0 Å². The van der Waals surface area contributed by atoms with E-state index in [0.29, 0.717) is 10.6 Å². The lowest BCUT2D eigenvalue weighted by atomic mass is 9.87. The molecule has 1 aromatic carbocycles. The summed E-state index contributed by atoms with van der Waals surface area (Å²) < 4.78 is 0. The molecule has 1 heterocycles. The fourth-order valence-electron chi connectivity index (χ4n) is 2.10. The molecule has 120 valence electrons. The maximum atomic E-state index is 12.2. The number of thiophene rings is 1. The third-order valence-corrected chi connectivity index (χ3v) is 4.38. The van der Waals surface area contributed by atoms with Crippen LogP contribution in [0.1, 0.15) is 38.8 Å². The highest BCUT2D eigenvalue weighted by molar-refractivity contribution is 7.14. The van der Waals surface area contributed by atoms with Gasteiger partial charge in [0.2, 0.25) is 5.91 Å². The van der Waals surface area contributed by atoms with Gasteiger partial charge in [0.25, 0.3) is 0 Å². The van der Waals surface area contributed by atoms with Crippen LogP contribution in [-0.2, 0) is 10.2 Å². The van der Waals surface area contributed by atoms with Crippen molar-refractivity contribution in [3.05, 3.63) is 46.8 Å². The third-order valence-electron chi connectivity index (χ3n) is 3.55. The maximum absolute atomic E-state index is 12.2. The van der Waals surface area contributed by atoms with Crippen LogP contribution in [0.25, 0.3) is 0 Å². The van der Waals surface area contributed by atoms with Crippen LogP contribution in [0.15, 0.2) is 35.7 Å².